The Balaban J connectivity index is 1.74. The van der Waals surface area contributed by atoms with Crippen LogP contribution >= 0.6 is 0 Å². The number of benzene rings is 1. The van der Waals surface area contributed by atoms with Gasteiger partial charge in [-0.05, 0) is 44.0 Å². The van der Waals surface area contributed by atoms with Crippen molar-refractivity contribution in [2.75, 3.05) is 26.2 Å². The van der Waals surface area contributed by atoms with Gasteiger partial charge in [0.2, 0.25) is 0 Å². The molecular weight excluding hydrogens is 262 g/mol. The maximum atomic E-state index is 8.49. The van der Waals surface area contributed by atoms with Crippen LogP contribution in [0.25, 0.3) is 0 Å². The molecule has 21 heavy (non-hydrogen) atoms. The first-order valence-electron chi connectivity index (χ1n) is 7.81. The van der Waals surface area contributed by atoms with Crippen LogP contribution in [0.4, 0.5) is 0 Å². The van der Waals surface area contributed by atoms with Crippen molar-refractivity contribution in [2.45, 2.75) is 38.8 Å². The van der Waals surface area contributed by atoms with Gasteiger partial charge in [0.05, 0.1) is 0 Å². The Morgan fingerprint density at radius 3 is 2.67 bits per heavy atom. The molecule has 2 rings (SSSR count). The van der Waals surface area contributed by atoms with Gasteiger partial charge in [-0.25, -0.2) is 0 Å². The number of nitriles is 1. The minimum absolute atomic E-state index is 0.0984. The summed E-state index contributed by atoms with van der Waals surface area (Å²) in [5.41, 5.74) is 1.24. The first-order chi connectivity index (χ1) is 10.2. The number of hydrogen-bond donors (Lipinski definition) is 1. The molecule has 0 saturated heterocycles. The Labute approximate surface area is 127 Å². The summed E-state index contributed by atoms with van der Waals surface area (Å²) >= 11 is 0. The van der Waals surface area contributed by atoms with Gasteiger partial charge in [-0.3, -0.25) is 4.90 Å². The van der Waals surface area contributed by atoms with E-state index >= 15 is 0 Å². The standard InChI is InChI=1S/C17H25N3O/c1-3-20(16-6-7-16)12-11-19-14(2)15-4-8-17(9-5-15)21-13-10-18/h4-5,8-9,14,16,19H,3,6-7,11-13H2,1-2H3. The molecule has 0 bridgehead atoms. The lowest BCUT2D eigenvalue weighted by Crippen LogP contribution is -2.34. The Kier molecular flexibility index (Phi) is 6.04. The van der Waals surface area contributed by atoms with E-state index in [2.05, 4.69) is 36.2 Å². The van der Waals surface area contributed by atoms with Gasteiger partial charge < -0.3 is 10.1 Å². The molecule has 1 N–H and O–H groups in total. The first-order valence-corrected chi connectivity index (χ1v) is 7.81. The minimum atomic E-state index is 0.0984. The second-order valence-electron chi connectivity index (χ2n) is 5.55. The van der Waals surface area contributed by atoms with Gasteiger partial charge in [0.25, 0.3) is 0 Å². The van der Waals surface area contributed by atoms with Crippen molar-refractivity contribution in [3.8, 4) is 11.8 Å². The van der Waals surface area contributed by atoms with E-state index in [0.29, 0.717) is 6.04 Å². The third-order valence-electron chi connectivity index (χ3n) is 4.00. The highest BCUT2D eigenvalue weighted by atomic mass is 16.5. The summed E-state index contributed by atoms with van der Waals surface area (Å²) in [6, 6.07) is 11.1. The number of ether oxygens (including phenoxy) is 1. The van der Waals surface area contributed by atoms with Crippen molar-refractivity contribution in [3.63, 3.8) is 0 Å². The molecule has 1 aliphatic rings. The zero-order valence-corrected chi connectivity index (χ0v) is 13.0. The summed E-state index contributed by atoms with van der Waals surface area (Å²) in [5, 5.41) is 12.1. The number of hydrogen-bond acceptors (Lipinski definition) is 4. The van der Waals surface area contributed by atoms with Crippen LogP contribution in [0.3, 0.4) is 0 Å². The lowest BCUT2D eigenvalue weighted by atomic mass is 10.1. The molecular formula is C17H25N3O. The quantitative estimate of drug-likeness (QED) is 0.758. The van der Waals surface area contributed by atoms with E-state index in [9.17, 15) is 0 Å². The molecule has 0 spiro atoms. The van der Waals surface area contributed by atoms with Gasteiger partial charge >= 0.3 is 0 Å². The zero-order valence-electron chi connectivity index (χ0n) is 13.0. The summed E-state index contributed by atoms with van der Waals surface area (Å²) in [5.74, 6) is 0.749. The van der Waals surface area contributed by atoms with E-state index < -0.39 is 0 Å². The Morgan fingerprint density at radius 2 is 2.10 bits per heavy atom. The van der Waals surface area contributed by atoms with Crippen molar-refractivity contribution in [3.05, 3.63) is 29.8 Å². The van der Waals surface area contributed by atoms with Gasteiger partial charge in [0, 0.05) is 25.2 Å². The monoisotopic (exact) mass is 287 g/mol. The molecule has 4 nitrogen and oxygen atoms in total. The summed E-state index contributed by atoms with van der Waals surface area (Å²) in [4.78, 5) is 2.55. The fourth-order valence-corrected chi connectivity index (χ4v) is 2.55. The van der Waals surface area contributed by atoms with Crippen LogP contribution < -0.4 is 10.1 Å². The molecule has 0 heterocycles. The van der Waals surface area contributed by atoms with Crippen molar-refractivity contribution < 1.29 is 4.74 Å². The molecule has 1 aromatic carbocycles. The highest BCUT2D eigenvalue weighted by Crippen LogP contribution is 2.26. The second kappa shape index (κ2) is 8.02. The Bertz CT molecular complexity index is 462. The number of likely N-dealkylation sites (N-methyl/N-ethyl adjacent to an activating group) is 1. The largest absolute Gasteiger partial charge is 0.479 e. The van der Waals surface area contributed by atoms with E-state index in [-0.39, 0.29) is 6.61 Å². The molecule has 1 aromatic rings. The van der Waals surface area contributed by atoms with Crippen molar-refractivity contribution >= 4 is 0 Å². The minimum Gasteiger partial charge on any atom is -0.479 e. The average molecular weight is 287 g/mol. The van der Waals surface area contributed by atoms with Crippen molar-refractivity contribution in [1.29, 1.82) is 5.26 Å². The molecule has 4 heteroatoms. The fraction of sp³-hybridized carbons (Fsp3) is 0.588. The normalized spacial score (nSPS) is 15.7. The molecule has 0 aliphatic heterocycles. The molecule has 1 fully saturated rings. The third kappa shape index (κ3) is 5.04. The molecule has 0 amide bonds. The van der Waals surface area contributed by atoms with Crippen molar-refractivity contribution in [1.82, 2.24) is 10.2 Å². The third-order valence-corrected chi connectivity index (χ3v) is 4.00. The average Bonchev–Trinajstić information content (AvgIpc) is 3.34. The first kappa shape index (κ1) is 15.8. The van der Waals surface area contributed by atoms with E-state index in [4.69, 9.17) is 10.00 Å². The summed E-state index contributed by atoms with van der Waals surface area (Å²) in [6.45, 7) is 7.79. The number of nitrogens with zero attached hydrogens (tertiary/aromatic N) is 2. The van der Waals surface area contributed by atoms with Gasteiger partial charge in [-0.1, -0.05) is 19.1 Å². The SMILES string of the molecule is CCN(CCNC(C)c1ccc(OCC#N)cc1)C1CC1. The van der Waals surface area contributed by atoms with Gasteiger partial charge in [0.1, 0.15) is 11.8 Å². The number of nitrogens with one attached hydrogen (secondary N) is 1. The summed E-state index contributed by atoms with van der Waals surface area (Å²) in [7, 11) is 0. The lowest BCUT2D eigenvalue weighted by molar-refractivity contribution is 0.273. The number of rotatable bonds is 9. The van der Waals surface area contributed by atoms with Gasteiger partial charge in [-0.15, -0.1) is 0 Å². The molecule has 1 atom stereocenters. The van der Waals surface area contributed by atoms with E-state index in [1.54, 1.807) is 0 Å². The summed E-state index contributed by atoms with van der Waals surface area (Å²) < 4.78 is 5.26. The van der Waals surface area contributed by atoms with Gasteiger partial charge in [-0.2, -0.15) is 5.26 Å². The molecule has 1 unspecified atom stereocenters. The second-order valence-corrected chi connectivity index (χ2v) is 5.55. The van der Waals surface area contributed by atoms with E-state index in [1.807, 2.05) is 18.2 Å². The van der Waals surface area contributed by atoms with Crippen LogP contribution in [-0.4, -0.2) is 37.2 Å². The fourth-order valence-electron chi connectivity index (χ4n) is 2.55. The zero-order chi connectivity index (χ0) is 15.1. The Morgan fingerprint density at radius 1 is 1.38 bits per heavy atom. The molecule has 0 aromatic heterocycles. The lowest BCUT2D eigenvalue weighted by Gasteiger charge is -2.22. The Hall–Kier alpha value is -1.57. The van der Waals surface area contributed by atoms with Crippen LogP contribution in [0.2, 0.25) is 0 Å². The molecule has 1 aliphatic carbocycles. The van der Waals surface area contributed by atoms with Crippen LogP contribution in [0.5, 0.6) is 5.75 Å². The van der Waals surface area contributed by atoms with E-state index in [1.165, 1.54) is 18.4 Å². The smallest absolute Gasteiger partial charge is 0.174 e. The maximum Gasteiger partial charge on any atom is 0.174 e. The van der Waals surface area contributed by atoms with Crippen LogP contribution in [0, 0.1) is 11.3 Å². The predicted octanol–water partition coefficient (Wildman–Crippen LogP) is 2.72. The van der Waals surface area contributed by atoms with Crippen LogP contribution in [-0.2, 0) is 0 Å². The molecule has 0 radical (unpaired) electrons. The maximum absolute atomic E-state index is 8.49. The summed E-state index contributed by atoms with van der Waals surface area (Å²) in [6.07, 6.45) is 2.74. The highest BCUT2D eigenvalue weighted by Gasteiger charge is 2.27. The molecule has 114 valence electrons. The predicted molar refractivity (Wildman–Crippen MR) is 84.2 cm³/mol. The molecule has 1 saturated carbocycles. The van der Waals surface area contributed by atoms with E-state index in [0.717, 1.165) is 31.4 Å². The highest BCUT2D eigenvalue weighted by molar-refractivity contribution is 5.29. The topological polar surface area (TPSA) is 48.3 Å². The van der Waals surface area contributed by atoms with Crippen LogP contribution in [0.1, 0.15) is 38.3 Å². The van der Waals surface area contributed by atoms with Gasteiger partial charge in [0.15, 0.2) is 6.61 Å². The van der Waals surface area contributed by atoms with Crippen LogP contribution in [0.15, 0.2) is 24.3 Å². The van der Waals surface area contributed by atoms with Crippen molar-refractivity contribution in [2.24, 2.45) is 0 Å².